The van der Waals surface area contributed by atoms with E-state index < -0.39 is 0 Å². The zero-order valence-corrected chi connectivity index (χ0v) is 10.6. The Morgan fingerprint density at radius 1 is 1.40 bits per heavy atom. The third-order valence-electron chi connectivity index (χ3n) is 3.21. The third-order valence-corrected chi connectivity index (χ3v) is 3.21. The number of rotatable bonds is 4. The molecule has 3 heteroatoms. The number of hydrogen-bond acceptors (Lipinski definition) is 3. The molecule has 3 nitrogen and oxygen atoms in total. The van der Waals surface area contributed by atoms with Gasteiger partial charge in [-0.25, -0.2) is 0 Å². The fourth-order valence-electron chi connectivity index (χ4n) is 2.64. The van der Waals surface area contributed by atoms with Crippen LogP contribution in [0.4, 0.5) is 0 Å². The summed E-state index contributed by atoms with van der Waals surface area (Å²) in [5.74, 6) is 0.214. The van der Waals surface area contributed by atoms with Crippen molar-refractivity contribution in [3.8, 4) is 0 Å². The van der Waals surface area contributed by atoms with Gasteiger partial charge in [0.2, 0.25) is 0 Å². The normalized spacial score (nSPS) is 30.4. The molecule has 0 aliphatic carbocycles. The maximum Gasteiger partial charge on any atom is 0.0721 e. The standard InChI is InChI=1S/C12H25NO2/c1-6-13-8-10(14)9-7-11(2,3)15-12(9,4)5/h9-10,13-14H,6-8H2,1-5H3. The van der Waals surface area contributed by atoms with Gasteiger partial charge in [0.25, 0.3) is 0 Å². The average Bonchev–Trinajstić information content (AvgIpc) is 2.30. The first-order valence-corrected chi connectivity index (χ1v) is 5.87. The van der Waals surface area contributed by atoms with Gasteiger partial charge < -0.3 is 15.2 Å². The van der Waals surface area contributed by atoms with Gasteiger partial charge in [-0.3, -0.25) is 0 Å². The minimum absolute atomic E-state index is 0.110. The van der Waals surface area contributed by atoms with E-state index in [0.717, 1.165) is 13.0 Å². The first-order chi connectivity index (χ1) is 6.78. The van der Waals surface area contributed by atoms with Crippen LogP contribution in [-0.4, -0.2) is 35.5 Å². The minimum Gasteiger partial charge on any atom is -0.391 e. The van der Waals surface area contributed by atoms with E-state index in [1.807, 2.05) is 6.92 Å². The van der Waals surface area contributed by atoms with Crippen molar-refractivity contribution in [1.29, 1.82) is 0 Å². The Hall–Kier alpha value is -0.120. The van der Waals surface area contributed by atoms with Crippen LogP contribution >= 0.6 is 0 Å². The van der Waals surface area contributed by atoms with E-state index >= 15 is 0 Å². The molecule has 0 aromatic carbocycles. The van der Waals surface area contributed by atoms with E-state index in [2.05, 4.69) is 33.0 Å². The van der Waals surface area contributed by atoms with Crippen molar-refractivity contribution >= 4 is 0 Å². The summed E-state index contributed by atoms with van der Waals surface area (Å²) in [6.07, 6.45) is 0.605. The van der Waals surface area contributed by atoms with E-state index in [0.29, 0.717) is 6.54 Å². The molecule has 0 radical (unpaired) electrons. The summed E-state index contributed by atoms with van der Waals surface area (Å²) in [7, 11) is 0. The van der Waals surface area contributed by atoms with E-state index in [1.165, 1.54) is 0 Å². The van der Waals surface area contributed by atoms with Gasteiger partial charge in [0.15, 0.2) is 0 Å². The zero-order chi connectivity index (χ0) is 11.7. The van der Waals surface area contributed by atoms with E-state index in [4.69, 9.17) is 4.74 Å². The molecule has 0 aromatic rings. The summed E-state index contributed by atoms with van der Waals surface area (Å²) in [4.78, 5) is 0. The minimum atomic E-state index is -0.318. The molecule has 1 rings (SSSR count). The highest BCUT2D eigenvalue weighted by Gasteiger charge is 2.48. The predicted octanol–water partition coefficient (Wildman–Crippen LogP) is 1.55. The summed E-state index contributed by atoms with van der Waals surface area (Å²) in [6.45, 7) is 11.9. The van der Waals surface area contributed by atoms with Crippen molar-refractivity contribution in [1.82, 2.24) is 5.32 Å². The molecule has 2 atom stereocenters. The Kier molecular flexibility index (Phi) is 3.80. The number of hydrogen-bond donors (Lipinski definition) is 2. The summed E-state index contributed by atoms with van der Waals surface area (Å²) in [5.41, 5.74) is -0.334. The van der Waals surface area contributed by atoms with Gasteiger partial charge in [-0.2, -0.15) is 0 Å². The third kappa shape index (κ3) is 3.16. The van der Waals surface area contributed by atoms with Gasteiger partial charge in [0.1, 0.15) is 0 Å². The molecule has 0 amide bonds. The Morgan fingerprint density at radius 2 is 2.00 bits per heavy atom. The molecule has 0 aromatic heterocycles. The molecule has 15 heavy (non-hydrogen) atoms. The molecule has 90 valence electrons. The van der Waals surface area contributed by atoms with Gasteiger partial charge in [0, 0.05) is 12.5 Å². The highest BCUT2D eigenvalue weighted by atomic mass is 16.5. The largest absolute Gasteiger partial charge is 0.391 e. The average molecular weight is 215 g/mol. The van der Waals surface area contributed by atoms with Crippen LogP contribution in [0.15, 0.2) is 0 Å². The molecule has 1 heterocycles. The lowest BCUT2D eigenvalue weighted by atomic mass is 9.83. The highest BCUT2D eigenvalue weighted by molar-refractivity contribution is 4.97. The van der Waals surface area contributed by atoms with Gasteiger partial charge in [-0.05, 0) is 40.7 Å². The topological polar surface area (TPSA) is 41.5 Å². The van der Waals surface area contributed by atoms with Crippen molar-refractivity contribution in [2.24, 2.45) is 5.92 Å². The molecule has 1 aliphatic rings. The quantitative estimate of drug-likeness (QED) is 0.747. The van der Waals surface area contributed by atoms with Gasteiger partial charge in [0.05, 0.1) is 17.3 Å². The molecule has 0 spiro atoms. The molecule has 1 fully saturated rings. The Bertz CT molecular complexity index is 214. The maximum atomic E-state index is 10.1. The van der Waals surface area contributed by atoms with Crippen molar-refractivity contribution in [3.05, 3.63) is 0 Å². The van der Waals surface area contributed by atoms with Gasteiger partial charge in [-0.1, -0.05) is 6.92 Å². The molecule has 0 saturated carbocycles. The van der Waals surface area contributed by atoms with Gasteiger partial charge in [-0.15, -0.1) is 0 Å². The highest BCUT2D eigenvalue weighted by Crippen LogP contribution is 2.43. The van der Waals surface area contributed by atoms with Crippen molar-refractivity contribution in [2.45, 2.75) is 58.3 Å². The summed E-state index contributed by atoms with van der Waals surface area (Å²) < 4.78 is 5.96. The molecule has 2 N–H and O–H groups in total. The number of aliphatic hydroxyl groups excluding tert-OH is 1. The lowest BCUT2D eigenvalue weighted by Crippen LogP contribution is -2.41. The predicted molar refractivity (Wildman–Crippen MR) is 61.9 cm³/mol. The first-order valence-electron chi connectivity index (χ1n) is 5.87. The maximum absolute atomic E-state index is 10.1. The van der Waals surface area contributed by atoms with Crippen LogP contribution in [0.5, 0.6) is 0 Å². The van der Waals surface area contributed by atoms with E-state index in [-0.39, 0.29) is 23.2 Å². The molecule has 1 aliphatic heterocycles. The van der Waals surface area contributed by atoms with Crippen LogP contribution in [0.3, 0.4) is 0 Å². The van der Waals surface area contributed by atoms with Crippen molar-refractivity contribution < 1.29 is 9.84 Å². The molecular weight excluding hydrogens is 190 g/mol. The van der Waals surface area contributed by atoms with Crippen LogP contribution in [0.1, 0.15) is 41.0 Å². The lowest BCUT2D eigenvalue weighted by molar-refractivity contribution is -0.0871. The van der Waals surface area contributed by atoms with Crippen molar-refractivity contribution in [3.63, 3.8) is 0 Å². The lowest BCUT2D eigenvalue weighted by Gasteiger charge is -2.30. The second kappa shape index (κ2) is 4.40. The SMILES string of the molecule is CCNCC(O)C1CC(C)(C)OC1(C)C. The summed E-state index contributed by atoms with van der Waals surface area (Å²) in [5, 5.41) is 13.3. The van der Waals surface area contributed by atoms with Crippen LogP contribution in [0, 0.1) is 5.92 Å². The number of likely N-dealkylation sites (N-methyl/N-ethyl adjacent to an activating group) is 1. The zero-order valence-electron chi connectivity index (χ0n) is 10.6. The Labute approximate surface area is 93.2 Å². The molecular formula is C12H25NO2. The number of aliphatic hydroxyl groups is 1. The number of ether oxygens (including phenoxy) is 1. The smallest absolute Gasteiger partial charge is 0.0721 e. The first kappa shape index (κ1) is 12.9. The second-order valence-corrected chi connectivity index (χ2v) is 5.65. The van der Waals surface area contributed by atoms with E-state index in [9.17, 15) is 5.11 Å². The van der Waals surface area contributed by atoms with Crippen LogP contribution < -0.4 is 5.32 Å². The van der Waals surface area contributed by atoms with Crippen LogP contribution in [-0.2, 0) is 4.74 Å². The number of nitrogens with one attached hydrogen (secondary N) is 1. The van der Waals surface area contributed by atoms with Crippen molar-refractivity contribution in [2.75, 3.05) is 13.1 Å². The van der Waals surface area contributed by atoms with Gasteiger partial charge >= 0.3 is 0 Å². The molecule has 1 saturated heterocycles. The van der Waals surface area contributed by atoms with E-state index in [1.54, 1.807) is 0 Å². The van der Waals surface area contributed by atoms with Crippen LogP contribution in [0.25, 0.3) is 0 Å². The second-order valence-electron chi connectivity index (χ2n) is 5.65. The van der Waals surface area contributed by atoms with Crippen LogP contribution in [0.2, 0.25) is 0 Å². The summed E-state index contributed by atoms with van der Waals surface area (Å²) >= 11 is 0. The Balaban J connectivity index is 2.61. The fourth-order valence-corrected chi connectivity index (χ4v) is 2.64. The fraction of sp³-hybridized carbons (Fsp3) is 1.00. The molecule has 0 bridgehead atoms. The monoisotopic (exact) mass is 215 g/mol. The Morgan fingerprint density at radius 3 is 2.40 bits per heavy atom. The molecule has 2 unspecified atom stereocenters. The summed E-state index contributed by atoms with van der Waals surface area (Å²) in [6, 6.07) is 0.